The number of esters is 1. The van der Waals surface area contributed by atoms with Crippen molar-refractivity contribution >= 4 is 5.97 Å². The molecule has 3 aliphatic carbocycles. The summed E-state index contributed by atoms with van der Waals surface area (Å²) in [6.45, 7) is 3.17. The first-order chi connectivity index (χ1) is 10.2. The van der Waals surface area contributed by atoms with Crippen LogP contribution in [0.15, 0.2) is 22.8 Å². The molecule has 21 heavy (non-hydrogen) atoms. The van der Waals surface area contributed by atoms with E-state index in [9.17, 15) is 4.79 Å². The molecule has 0 spiro atoms. The zero-order chi connectivity index (χ0) is 14.4. The first kappa shape index (κ1) is 13.6. The van der Waals surface area contributed by atoms with Gasteiger partial charge in [-0.3, -0.25) is 4.79 Å². The van der Waals surface area contributed by atoms with Gasteiger partial charge in [0, 0.05) is 37.7 Å². The van der Waals surface area contributed by atoms with Gasteiger partial charge in [-0.15, -0.1) is 0 Å². The van der Waals surface area contributed by atoms with Crippen LogP contribution in [0.4, 0.5) is 0 Å². The summed E-state index contributed by atoms with van der Waals surface area (Å²) in [5.41, 5.74) is 4.87. The SMILES string of the molecule is CC(=O)OC1CC2=C(CC=C3CCCC32)C2COCCC12. The standard InChI is InChI=1S/C18H24O3/c1-11(19)21-18-9-16-13-4-2-3-12(13)5-6-14(16)17-10-20-8-7-15(17)18/h5,13,15,17-18H,2-4,6-10H2,1H3. The summed E-state index contributed by atoms with van der Waals surface area (Å²) in [4.78, 5) is 11.5. The number of ether oxygens (including phenoxy) is 2. The Bertz CT molecular complexity index is 517. The van der Waals surface area contributed by atoms with E-state index in [0.29, 0.717) is 17.8 Å². The smallest absolute Gasteiger partial charge is 0.302 e. The first-order valence-electron chi connectivity index (χ1n) is 8.39. The Balaban J connectivity index is 1.68. The van der Waals surface area contributed by atoms with Gasteiger partial charge in [-0.25, -0.2) is 0 Å². The monoisotopic (exact) mass is 288 g/mol. The summed E-state index contributed by atoms with van der Waals surface area (Å²) >= 11 is 0. The van der Waals surface area contributed by atoms with Crippen LogP contribution in [0.3, 0.4) is 0 Å². The highest BCUT2D eigenvalue weighted by atomic mass is 16.5. The van der Waals surface area contributed by atoms with Gasteiger partial charge >= 0.3 is 5.97 Å². The lowest BCUT2D eigenvalue weighted by Crippen LogP contribution is -2.43. The third kappa shape index (κ3) is 2.26. The second-order valence-corrected chi connectivity index (χ2v) is 6.96. The molecule has 1 aliphatic heterocycles. The van der Waals surface area contributed by atoms with Crippen molar-refractivity contribution in [2.75, 3.05) is 13.2 Å². The van der Waals surface area contributed by atoms with Crippen molar-refractivity contribution in [2.24, 2.45) is 17.8 Å². The Labute approximate surface area is 126 Å². The minimum absolute atomic E-state index is 0.0788. The summed E-state index contributed by atoms with van der Waals surface area (Å²) in [7, 11) is 0. The van der Waals surface area contributed by atoms with Gasteiger partial charge < -0.3 is 9.47 Å². The molecule has 0 aromatic heterocycles. The third-order valence-corrected chi connectivity index (χ3v) is 5.90. The van der Waals surface area contributed by atoms with Crippen molar-refractivity contribution in [3.8, 4) is 0 Å². The molecule has 0 amide bonds. The van der Waals surface area contributed by atoms with Gasteiger partial charge in [0.25, 0.3) is 0 Å². The average molecular weight is 288 g/mol. The Morgan fingerprint density at radius 1 is 1.33 bits per heavy atom. The summed E-state index contributed by atoms with van der Waals surface area (Å²) in [5, 5.41) is 0. The summed E-state index contributed by atoms with van der Waals surface area (Å²) in [6.07, 6.45) is 9.54. The number of carbonyl (C=O) groups is 1. The second kappa shape index (κ2) is 5.28. The van der Waals surface area contributed by atoms with Crippen molar-refractivity contribution in [1.29, 1.82) is 0 Å². The normalized spacial score (nSPS) is 38.2. The van der Waals surface area contributed by atoms with Crippen molar-refractivity contribution in [3.63, 3.8) is 0 Å². The van der Waals surface area contributed by atoms with Gasteiger partial charge in [-0.2, -0.15) is 0 Å². The number of carbonyl (C=O) groups excluding carboxylic acids is 1. The van der Waals surface area contributed by atoms with Crippen LogP contribution in [0.5, 0.6) is 0 Å². The molecule has 114 valence electrons. The number of allylic oxidation sites excluding steroid dienone is 2. The zero-order valence-corrected chi connectivity index (χ0v) is 12.8. The Morgan fingerprint density at radius 3 is 3.10 bits per heavy atom. The number of fused-ring (bicyclic) bond motifs is 4. The topological polar surface area (TPSA) is 35.5 Å². The van der Waals surface area contributed by atoms with Crippen LogP contribution in [0.2, 0.25) is 0 Å². The first-order valence-corrected chi connectivity index (χ1v) is 8.39. The van der Waals surface area contributed by atoms with E-state index in [0.717, 1.165) is 32.5 Å². The lowest BCUT2D eigenvalue weighted by molar-refractivity contribution is -0.153. The van der Waals surface area contributed by atoms with Gasteiger partial charge in [0.2, 0.25) is 0 Å². The Kier molecular flexibility index (Phi) is 3.41. The second-order valence-electron chi connectivity index (χ2n) is 6.96. The van der Waals surface area contributed by atoms with Gasteiger partial charge in [0.15, 0.2) is 0 Å². The fourth-order valence-corrected chi connectivity index (χ4v) is 5.04. The van der Waals surface area contributed by atoms with Gasteiger partial charge in [0.1, 0.15) is 6.10 Å². The lowest BCUT2D eigenvalue weighted by atomic mass is 9.65. The van der Waals surface area contributed by atoms with E-state index in [4.69, 9.17) is 9.47 Å². The Morgan fingerprint density at radius 2 is 2.24 bits per heavy atom. The van der Waals surface area contributed by atoms with Crippen LogP contribution in [-0.2, 0) is 14.3 Å². The van der Waals surface area contributed by atoms with E-state index in [-0.39, 0.29) is 12.1 Å². The molecule has 4 rings (SSSR count). The maximum atomic E-state index is 11.5. The third-order valence-electron chi connectivity index (χ3n) is 5.90. The maximum absolute atomic E-state index is 11.5. The van der Waals surface area contributed by atoms with Gasteiger partial charge in [-0.1, -0.05) is 22.8 Å². The van der Waals surface area contributed by atoms with E-state index >= 15 is 0 Å². The summed E-state index contributed by atoms with van der Waals surface area (Å²) < 4.78 is 11.5. The van der Waals surface area contributed by atoms with E-state index in [2.05, 4.69) is 6.08 Å². The minimum Gasteiger partial charge on any atom is -0.462 e. The maximum Gasteiger partial charge on any atom is 0.302 e. The van der Waals surface area contributed by atoms with E-state index in [1.807, 2.05) is 0 Å². The predicted octanol–water partition coefficient (Wildman–Crippen LogP) is 3.40. The number of hydrogen-bond donors (Lipinski definition) is 0. The fraction of sp³-hybridized carbons (Fsp3) is 0.722. The molecule has 1 heterocycles. The van der Waals surface area contributed by atoms with Crippen LogP contribution >= 0.6 is 0 Å². The molecule has 2 fully saturated rings. The van der Waals surface area contributed by atoms with Crippen LogP contribution in [-0.4, -0.2) is 25.3 Å². The molecule has 0 radical (unpaired) electrons. The molecule has 0 bridgehead atoms. The van der Waals surface area contributed by atoms with Crippen LogP contribution < -0.4 is 0 Å². The van der Waals surface area contributed by atoms with Crippen molar-refractivity contribution in [2.45, 2.75) is 51.6 Å². The highest BCUT2D eigenvalue weighted by Gasteiger charge is 2.44. The zero-order valence-electron chi connectivity index (χ0n) is 12.8. The van der Waals surface area contributed by atoms with Gasteiger partial charge in [-0.05, 0) is 32.1 Å². The van der Waals surface area contributed by atoms with E-state index < -0.39 is 0 Å². The quantitative estimate of drug-likeness (QED) is 0.548. The molecular weight excluding hydrogens is 264 g/mol. The number of hydrogen-bond acceptors (Lipinski definition) is 3. The van der Waals surface area contributed by atoms with Crippen LogP contribution in [0, 0.1) is 17.8 Å². The molecular formula is C18H24O3. The average Bonchev–Trinajstić information content (AvgIpc) is 2.95. The van der Waals surface area contributed by atoms with Crippen molar-refractivity contribution < 1.29 is 14.3 Å². The molecule has 0 aromatic carbocycles. The largest absolute Gasteiger partial charge is 0.462 e. The van der Waals surface area contributed by atoms with Crippen molar-refractivity contribution in [3.05, 3.63) is 22.8 Å². The van der Waals surface area contributed by atoms with Crippen LogP contribution in [0.1, 0.15) is 45.4 Å². The molecule has 4 unspecified atom stereocenters. The highest BCUT2D eigenvalue weighted by molar-refractivity contribution is 5.66. The lowest BCUT2D eigenvalue weighted by Gasteiger charge is -2.45. The minimum atomic E-state index is -0.132. The van der Waals surface area contributed by atoms with E-state index in [1.165, 1.54) is 19.3 Å². The number of rotatable bonds is 1. The molecule has 1 saturated carbocycles. The summed E-state index contributed by atoms with van der Waals surface area (Å²) in [6, 6.07) is 0. The van der Waals surface area contributed by atoms with E-state index in [1.54, 1.807) is 23.6 Å². The fourth-order valence-electron chi connectivity index (χ4n) is 5.04. The van der Waals surface area contributed by atoms with Crippen LogP contribution in [0.25, 0.3) is 0 Å². The highest BCUT2D eigenvalue weighted by Crippen LogP contribution is 2.51. The summed E-state index contributed by atoms with van der Waals surface area (Å²) in [5.74, 6) is 1.46. The predicted molar refractivity (Wildman–Crippen MR) is 79.7 cm³/mol. The molecule has 4 atom stereocenters. The molecule has 3 nitrogen and oxygen atoms in total. The molecule has 1 saturated heterocycles. The molecule has 0 N–H and O–H groups in total. The molecule has 4 aliphatic rings. The molecule has 3 heteroatoms. The molecule has 0 aromatic rings. The Hall–Kier alpha value is -1.09. The van der Waals surface area contributed by atoms with Crippen molar-refractivity contribution in [1.82, 2.24) is 0 Å². The van der Waals surface area contributed by atoms with Gasteiger partial charge in [0.05, 0.1) is 6.61 Å².